The Morgan fingerprint density at radius 1 is 1.00 bits per heavy atom. The Labute approximate surface area is 91.7 Å². The molecule has 2 unspecified atom stereocenters. The Morgan fingerprint density at radius 3 is 2.27 bits per heavy atom. The quantitative estimate of drug-likeness (QED) is 0.698. The van der Waals surface area contributed by atoms with Crippen molar-refractivity contribution >= 4 is 0 Å². The van der Waals surface area contributed by atoms with Crippen LogP contribution in [-0.2, 0) is 9.57 Å². The van der Waals surface area contributed by atoms with Crippen molar-refractivity contribution in [2.24, 2.45) is 0 Å². The molecule has 4 rings (SSSR count). The van der Waals surface area contributed by atoms with Gasteiger partial charge in [-0.1, -0.05) is 0 Å². The van der Waals surface area contributed by atoms with Crippen LogP contribution in [-0.4, -0.2) is 36.5 Å². The second kappa shape index (κ2) is 4.04. The molecule has 0 aromatic rings. The Hall–Kier alpha value is -0.120. The molecule has 2 atom stereocenters. The summed E-state index contributed by atoms with van der Waals surface area (Å²) in [6.45, 7) is 0. The normalized spacial score (nSPS) is 46.2. The van der Waals surface area contributed by atoms with E-state index in [1.165, 1.54) is 44.9 Å². The molecule has 0 N–H and O–H groups in total. The van der Waals surface area contributed by atoms with Crippen LogP contribution >= 0.6 is 0 Å². The largest absolute Gasteiger partial charge is 0.381 e. The molecule has 0 amide bonds. The fraction of sp³-hybridized carbons (Fsp3) is 1.00. The van der Waals surface area contributed by atoms with Crippen LogP contribution in [0, 0.1) is 0 Å². The SMILES string of the molecule is COC1CCC(N2OC3CCC2CC3)C1. The van der Waals surface area contributed by atoms with Crippen LogP contribution in [0.25, 0.3) is 0 Å². The number of methoxy groups -OCH3 is 1. The van der Waals surface area contributed by atoms with Gasteiger partial charge < -0.3 is 4.74 Å². The van der Waals surface area contributed by atoms with Crippen molar-refractivity contribution in [3.63, 3.8) is 0 Å². The highest BCUT2D eigenvalue weighted by atomic mass is 16.7. The molecular weight excluding hydrogens is 190 g/mol. The van der Waals surface area contributed by atoms with Gasteiger partial charge in [0, 0.05) is 19.2 Å². The molecule has 2 bridgehead atoms. The molecule has 4 fully saturated rings. The molecule has 3 heteroatoms. The maximum Gasteiger partial charge on any atom is 0.0794 e. The molecule has 0 spiro atoms. The van der Waals surface area contributed by atoms with Gasteiger partial charge in [-0.25, -0.2) is 0 Å². The zero-order valence-corrected chi connectivity index (χ0v) is 9.52. The molecule has 86 valence electrons. The first-order valence-electron chi connectivity index (χ1n) is 6.34. The van der Waals surface area contributed by atoms with Crippen LogP contribution in [0.2, 0.25) is 0 Å². The number of ether oxygens (including phenoxy) is 1. The van der Waals surface area contributed by atoms with Gasteiger partial charge in [-0.05, 0) is 44.9 Å². The van der Waals surface area contributed by atoms with Crippen molar-refractivity contribution in [2.75, 3.05) is 7.11 Å². The maximum atomic E-state index is 6.04. The summed E-state index contributed by atoms with van der Waals surface area (Å²) < 4.78 is 5.43. The number of fused-ring (bicyclic) bond motifs is 3. The number of rotatable bonds is 2. The third-order valence-electron chi connectivity index (χ3n) is 4.32. The Morgan fingerprint density at radius 2 is 1.73 bits per heavy atom. The van der Waals surface area contributed by atoms with Crippen LogP contribution in [0.5, 0.6) is 0 Å². The van der Waals surface area contributed by atoms with Gasteiger partial charge in [-0.15, -0.1) is 0 Å². The van der Waals surface area contributed by atoms with Gasteiger partial charge in [0.05, 0.1) is 12.2 Å². The summed E-state index contributed by atoms with van der Waals surface area (Å²) in [5, 5.41) is 2.33. The molecule has 2 aliphatic heterocycles. The standard InChI is InChI=1S/C12H21NO2/c1-14-12-7-4-10(8-12)13-9-2-5-11(15-13)6-3-9/h9-12H,2-8H2,1H3. The predicted octanol–water partition coefficient (Wildman–Crippen LogP) is 2.11. The van der Waals surface area contributed by atoms with Crippen molar-refractivity contribution < 1.29 is 9.57 Å². The Bertz CT molecular complexity index is 226. The lowest BCUT2D eigenvalue weighted by atomic mass is 9.90. The molecule has 4 aliphatic rings. The minimum Gasteiger partial charge on any atom is -0.381 e. The molecule has 2 aliphatic carbocycles. The fourth-order valence-corrected chi connectivity index (χ4v) is 3.41. The minimum atomic E-state index is 0.471. The van der Waals surface area contributed by atoms with Crippen LogP contribution in [0.1, 0.15) is 44.9 Å². The molecule has 0 aromatic heterocycles. The first-order valence-corrected chi connectivity index (χ1v) is 6.34. The molecule has 2 saturated carbocycles. The van der Waals surface area contributed by atoms with E-state index in [1.807, 2.05) is 7.11 Å². The van der Waals surface area contributed by atoms with Crippen LogP contribution in [0.15, 0.2) is 0 Å². The van der Waals surface area contributed by atoms with Gasteiger partial charge in [0.15, 0.2) is 0 Å². The van der Waals surface area contributed by atoms with Crippen LogP contribution in [0.4, 0.5) is 0 Å². The van der Waals surface area contributed by atoms with E-state index in [2.05, 4.69) is 5.06 Å². The number of hydroxylamine groups is 2. The van der Waals surface area contributed by atoms with E-state index in [0.29, 0.717) is 24.3 Å². The van der Waals surface area contributed by atoms with Crippen LogP contribution in [0.3, 0.4) is 0 Å². The van der Waals surface area contributed by atoms with E-state index in [0.717, 1.165) is 0 Å². The second-order valence-electron chi connectivity index (χ2n) is 5.22. The molecule has 0 radical (unpaired) electrons. The van der Waals surface area contributed by atoms with Crippen molar-refractivity contribution in [3.05, 3.63) is 0 Å². The summed E-state index contributed by atoms with van der Waals surface area (Å²) in [5.74, 6) is 0. The van der Waals surface area contributed by atoms with E-state index >= 15 is 0 Å². The average molecular weight is 211 g/mol. The highest BCUT2D eigenvalue weighted by Crippen LogP contribution is 2.38. The molecule has 15 heavy (non-hydrogen) atoms. The number of hydrogen-bond donors (Lipinski definition) is 0. The lowest BCUT2D eigenvalue weighted by Crippen LogP contribution is -2.52. The van der Waals surface area contributed by atoms with Crippen molar-refractivity contribution in [1.29, 1.82) is 0 Å². The summed E-state index contributed by atoms with van der Waals surface area (Å²) in [5.41, 5.74) is 0. The highest BCUT2D eigenvalue weighted by Gasteiger charge is 2.41. The summed E-state index contributed by atoms with van der Waals surface area (Å²) in [7, 11) is 1.83. The minimum absolute atomic E-state index is 0.471. The Balaban J connectivity index is 1.63. The van der Waals surface area contributed by atoms with Gasteiger partial charge in [0.1, 0.15) is 0 Å². The van der Waals surface area contributed by atoms with Crippen molar-refractivity contribution in [3.8, 4) is 0 Å². The zero-order chi connectivity index (χ0) is 10.3. The van der Waals surface area contributed by atoms with Gasteiger partial charge in [-0.2, -0.15) is 5.06 Å². The third-order valence-corrected chi connectivity index (χ3v) is 4.32. The van der Waals surface area contributed by atoms with E-state index in [1.54, 1.807) is 0 Å². The van der Waals surface area contributed by atoms with Crippen molar-refractivity contribution in [1.82, 2.24) is 5.06 Å². The van der Waals surface area contributed by atoms with E-state index in [9.17, 15) is 0 Å². The van der Waals surface area contributed by atoms with Crippen LogP contribution < -0.4 is 0 Å². The molecule has 3 nitrogen and oxygen atoms in total. The average Bonchev–Trinajstić information content (AvgIpc) is 2.79. The first kappa shape index (κ1) is 10.1. The lowest BCUT2D eigenvalue weighted by molar-refractivity contribution is -0.295. The summed E-state index contributed by atoms with van der Waals surface area (Å²) in [6.07, 6.45) is 9.87. The second-order valence-corrected chi connectivity index (χ2v) is 5.22. The van der Waals surface area contributed by atoms with E-state index < -0.39 is 0 Å². The van der Waals surface area contributed by atoms with E-state index in [-0.39, 0.29) is 0 Å². The first-order chi connectivity index (χ1) is 7.36. The smallest absolute Gasteiger partial charge is 0.0794 e. The summed E-state index contributed by atoms with van der Waals surface area (Å²) in [6, 6.07) is 1.33. The van der Waals surface area contributed by atoms with Crippen molar-refractivity contribution in [2.45, 2.75) is 69.2 Å². The van der Waals surface area contributed by atoms with Gasteiger partial charge >= 0.3 is 0 Å². The number of hydrogen-bond acceptors (Lipinski definition) is 3. The molecular formula is C12H21NO2. The molecule has 2 saturated heterocycles. The predicted molar refractivity (Wildman–Crippen MR) is 57.4 cm³/mol. The lowest BCUT2D eigenvalue weighted by Gasteiger charge is -2.47. The summed E-state index contributed by atoms with van der Waals surface area (Å²) in [4.78, 5) is 6.04. The summed E-state index contributed by atoms with van der Waals surface area (Å²) >= 11 is 0. The Kier molecular flexibility index (Phi) is 2.71. The van der Waals surface area contributed by atoms with E-state index in [4.69, 9.17) is 9.57 Å². The number of nitrogens with zero attached hydrogens (tertiary/aromatic N) is 1. The zero-order valence-electron chi connectivity index (χ0n) is 9.52. The highest BCUT2D eigenvalue weighted by molar-refractivity contribution is 4.89. The van der Waals surface area contributed by atoms with Gasteiger partial charge in [0.2, 0.25) is 0 Å². The maximum absolute atomic E-state index is 6.04. The monoisotopic (exact) mass is 211 g/mol. The molecule has 2 heterocycles. The molecule has 0 aromatic carbocycles. The van der Waals surface area contributed by atoms with Gasteiger partial charge in [-0.3, -0.25) is 4.84 Å². The topological polar surface area (TPSA) is 21.7 Å². The van der Waals surface area contributed by atoms with Gasteiger partial charge in [0.25, 0.3) is 0 Å². The fourth-order valence-electron chi connectivity index (χ4n) is 3.41. The third kappa shape index (κ3) is 1.81.